The number of benzene rings is 1. The van der Waals surface area contributed by atoms with Crippen LogP contribution in [0, 0.1) is 6.92 Å². The standard InChI is InChI=1S/C13H14N2O3/c1-8-11(13(16)17)18-12(14-8)9-4-6-10(7-5-9)15(2)3/h4-7H,1-3H3,(H,16,17). The second-order valence-corrected chi connectivity index (χ2v) is 4.18. The zero-order valence-electron chi connectivity index (χ0n) is 10.5. The molecule has 5 heteroatoms. The predicted molar refractivity (Wildman–Crippen MR) is 68.0 cm³/mol. The molecule has 0 atom stereocenters. The van der Waals surface area contributed by atoms with E-state index in [1.165, 1.54) is 0 Å². The van der Waals surface area contributed by atoms with E-state index in [-0.39, 0.29) is 5.76 Å². The number of aromatic nitrogens is 1. The Labute approximate surface area is 105 Å². The third-order valence-corrected chi connectivity index (χ3v) is 2.62. The van der Waals surface area contributed by atoms with Crippen LogP contribution in [0.15, 0.2) is 28.7 Å². The molecule has 1 heterocycles. The quantitative estimate of drug-likeness (QED) is 0.900. The lowest BCUT2D eigenvalue weighted by Gasteiger charge is -2.11. The number of oxazole rings is 1. The van der Waals surface area contributed by atoms with Gasteiger partial charge in [-0.25, -0.2) is 9.78 Å². The van der Waals surface area contributed by atoms with Crippen molar-refractivity contribution < 1.29 is 14.3 Å². The summed E-state index contributed by atoms with van der Waals surface area (Å²) >= 11 is 0. The molecule has 0 aliphatic carbocycles. The van der Waals surface area contributed by atoms with Crippen LogP contribution < -0.4 is 4.90 Å². The van der Waals surface area contributed by atoms with Crippen LogP contribution in [0.2, 0.25) is 0 Å². The zero-order valence-corrected chi connectivity index (χ0v) is 10.5. The molecule has 1 aromatic carbocycles. The van der Waals surface area contributed by atoms with Crippen molar-refractivity contribution in [3.63, 3.8) is 0 Å². The maximum Gasteiger partial charge on any atom is 0.373 e. The molecule has 0 unspecified atom stereocenters. The molecule has 94 valence electrons. The molecule has 1 N–H and O–H groups in total. The Balaban J connectivity index is 2.37. The van der Waals surface area contributed by atoms with Gasteiger partial charge in [0, 0.05) is 25.3 Å². The number of nitrogens with zero attached hydrogens (tertiary/aromatic N) is 2. The maximum atomic E-state index is 10.9. The smallest absolute Gasteiger partial charge is 0.373 e. The molecule has 5 nitrogen and oxygen atoms in total. The van der Waals surface area contributed by atoms with Gasteiger partial charge in [0.05, 0.1) is 5.69 Å². The van der Waals surface area contributed by atoms with Crippen LogP contribution in [0.1, 0.15) is 16.2 Å². The van der Waals surface area contributed by atoms with Crippen molar-refractivity contribution >= 4 is 11.7 Å². The van der Waals surface area contributed by atoms with Gasteiger partial charge in [0.2, 0.25) is 11.7 Å². The lowest BCUT2D eigenvalue weighted by atomic mass is 10.2. The second kappa shape index (κ2) is 4.52. The van der Waals surface area contributed by atoms with Crippen molar-refractivity contribution in [2.24, 2.45) is 0 Å². The van der Waals surface area contributed by atoms with Crippen LogP contribution in [0.3, 0.4) is 0 Å². The van der Waals surface area contributed by atoms with E-state index in [0.29, 0.717) is 11.6 Å². The summed E-state index contributed by atoms with van der Waals surface area (Å²) in [4.78, 5) is 17.0. The van der Waals surface area contributed by atoms with E-state index in [4.69, 9.17) is 9.52 Å². The van der Waals surface area contributed by atoms with Crippen LogP contribution >= 0.6 is 0 Å². The summed E-state index contributed by atoms with van der Waals surface area (Å²) in [7, 11) is 3.90. The van der Waals surface area contributed by atoms with Gasteiger partial charge in [-0.3, -0.25) is 0 Å². The van der Waals surface area contributed by atoms with Crippen LogP contribution in [0.5, 0.6) is 0 Å². The monoisotopic (exact) mass is 246 g/mol. The molecular weight excluding hydrogens is 232 g/mol. The highest BCUT2D eigenvalue weighted by Gasteiger charge is 2.16. The average Bonchev–Trinajstić information content (AvgIpc) is 2.71. The average molecular weight is 246 g/mol. The van der Waals surface area contributed by atoms with E-state index in [0.717, 1.165) is 11.3 Å². The van der Waals surface area contributed by atoms with Gasteiger partial charge in [-0.1, -0.05) is 0 Å². The van der Waals surface area contributed by atoms with Gasteiger partial charge in [0.1, 0.15) is 0 Å². The van der Waals surface area contributed by atoms with E-state index >= 15 is 0 Å². The predicted octanol–water partition coefficient (Wildman–Crippen LogP) is 2.41. The van der Waals surface area contributed by atoms with Gasteiger partial charge >= 0.3 is 5.97 Å². The van der Waals surface area contributed by atoms with Crippen molar-refractivity contribution in [3.8, 4) is 11.5 Å². The van der Waals surface area contributed by atoms with Crippen LogP contribution in [0.4, 0.5) is 5.69 Å². The van der Waals surface area contributed by atoms with Gasteiger partial charge in [0.25, 0.3) is 0 Å². The summed E-state index contributed by atoms with van der Waals surface area (Å²) in [5, 5.41) is 8.90. The topological polar surface area (TPSA) is 66.6 Å². The number of anilines is 1. The number of aromatic carboxylic acids is 1. The van der Waals surface area contributed by atoms with E-state index in [2.05, 4.69) is 4.98 Å². The lowest BCUT2D eigenvalue weighted by molar-refractivity contribution is 0.0662. The first-order valence-corrected chi connectivity index (χ1v) is 5.47. The molecule has 0 aliphatic rings. The van der Waals surface area contributed by atoms with Gasteiger partial charge < -0.3 is 14.4 Å². The third kappa shape index (κ3) is 2.20. The fourth-order valence-electron chi connectivity index (χ4n) is 1.62. The second-order valence-electron chi connectivity index (χ2n) is 4.18. The highest BCUT2D eigenvalue weighted by Crippen LogP contribution is 2.24. The number of carboxylic acids is 1. The molecule has 1 aromatic heterocycles. The minimum Gasteiger partial charge on any atom is -0.475 e. The molecule has 0 amide bonds. The number of carbonyl (C=O) groups is 1. The Hall–Kier alpha value is -2.30. The Morgan fingerprint density at radius 3 is 2.33 bits per heavy atom. The molecule has 0 fully saturated rings. The lowest BCUT2D eigenvalue weighted by Crippen LogP contribution is -2.07. The maximum absolute atomic E-state index is 10.9. The van der Waals surface area contributed by atoms with E-state index in [1.807, 2.05) is 43.3 Å². The van der Waals surface area contributed by atoms with E-state index in [9.17, 15) is 4.79 Å². The summed E-state index contributed by atoms with van der Waals surface area (Å²) < 4.78 is 5.24. The molecule has 2 rings (SSSR count). The Morgan fingerprint density at radius 1 is 1.28 bits per heavy atom. The fourth-order valence-corrected chi connectivity index (χ4v) is 1.62. The minimum absolute atomic E-state index is 0.110. The van der Waals surface area contributed by atoms with Crippen molar-refractivity contribution in [1.82, 2.24) is 4.98 Å². The number of hydrogen-bond acceptors (Lipinski definition) is 4. The molecule has 18 heavy (non-hydrogen) atoms. The van der Waals surface area contributed by atoms with Gasteiger partial charge in [0.15, 0.2) is 0 Å². The van der Waals surface area contributed by atoms with E-state index in [1.54, 1.807) is 6.92 Å². The molecule has 0 saturated heterocycles. The summed E-state index contributed by atoms with van der Waals surface area (Å²) in [6, 6.07) is 7.56. The van der Waals surface area contributed by atoms with Crippen LogP contribution in [-0.2, 0) is 0 Å². The SMILES string of the molecule is Cc1nc(-c2ccc(N(C)C)cc2)oc1C(=O)O. The van der Waals surface area contributed by atoms with Crippen molar-refractivity contribution in [2.75, 3.05) is 19.0 Å². The largest absolute Gasteiger partial charge is 0.475 e. The summed E-state index contributed by atoms with van der Waals surface area (Å²) in [6.07, 6.45) is 0. The first kappa shape index (κ1) is 12.2. The zero-order chi connectivity index (χ0) is 13.3. The van der Waals surface area contributed by atoms with Crippen LogP contribution in [0.25, 0.3) is 11.5 Å². The Bertz CT molecular complexity index is 570. The molecule has 2 aromatic rings. The van der Waals surface area contributed by atoms with Crippen molar-refractivity contribution in [2.45, 2.75) is 6.92 Å². The molecule has 0 radical (unpaired) electrons. The van der Waals surface area contributed by atoms with Crippen molar-refractivity contribution in [1.29, 1.82) is 0 Å². The molecule has 0 spiro atoms. The summed E-state index contributed by atoms with van der Waals surface area (Å²) in [5.74, 6) is -0.881. The Morgan fingerprint density at radius 2 is 1.89 bits per heavy atom. The van der Waals surface area contributed by atoms with E-state index < -0.39 is 5.97 Å². The number of rotatable bonds is 3. The first-order chi connectivity index (χ1) is 8.49. The normalized spacial score (nSPS) is 10.4. The molecule has 0 aliphatic heterocycles. The minimum atomic E-state index is -1.10. The fraction of sp³-hybridized carbons (Fsp3) is 0.231. The van der Waals surface area contributed by atoms with Gasteiger partial charge in [-0.05, 0) is 31.2 Å². The highest BCUT2D eigenvalue weighted by molar-refractivity contribution is 5.86. The summed E-state index contributed by atoms with van der Waals surface area (Å²) in [5.41, 5.74) is 2.20. The number of aryl methyl sites for hydroxylation is 1. The molecule has 0 bridgehead atoms. The van der Waals surface area contributed by atoms with Gasteiger partial charge in [-0.15, -0.1) is 0 Å². The number of carboxylic acid groups (broad SMARTS) is 1. The highest BCUT2D eigenvalue weighted by atomic mass is 16.4. The third-order valence-electron chi connectivity index (χ3n) is 2.62. The first-order valence-electron chi connectivity index (χ1n) is 5.47. The van der Waals surface area contributed by atoms with Gasteiger partial charge in [-0.2, -0.15) is 0 Å². The summed E-state index contributed by atoms with van der Waals surface area (Å²) in [6.45, 7) is 1.62. The number of hydrogen-bond donors (Lipinski definition) is 1. The van der Waals surface area contributed by atoms with Crippen molar-refractivity contribution in [3.05, 3.63) is 35.7 Å². The molecule has 0 saturated carbocycles. The Kier molecular flexibility index (Phi) is 3.06. The van der Waals surface area contributed by atoms with Crippen LogP contribution in [-0.4, -0.2) is 30.2 Å². The molecular formula is C13H14N2O3.